The van der Waals surface area contributed by atoms with Gasteiger partial charge in [0.1, 0.15) is 0 Å². The van der Waals surface area contributed by atoms with E-state index in [0.29, 0.717) is 12.2 Å². The number of carbonyl (C=O) groups excluding carboxylic acids is 1. The highest BCUT2D eigenvalue weighted by Gasteiger charge is 2.29. The van der Waals surface area contributed by atoms with Gasteiger partial charge in [-0.25, -0.2) is 0 Å². The van der Waals surface area contributed by atoms with E-state index in [1.807, 2.05) is 6.08 Å². The van der Waals surface area contributed by atoms with E-state index in [0.717, 1.165) is 32.6 Å². The van der Waals surface area contributed by atoms with Crippen LogP contribution in [0.15, 0.2) is 11.8 Å². The average molecular weight is 222 g/mol. The molecule has 1 fully saturated rings. The molecule has 90 valence electrons. The molecule has 0 bridgehead atoms. The SMILES string of the molecule is CC1(C)CC(=O)C=C(N2CCCNCC2)C1. The van der Waals surface area contributed by atoms with Crippen molar-refractivity contribution >= 4 is 5.78 Å². The molecule has 1 heterocycles. The molecule has 0 saturated carbocycles. The summed E-state index contributed by atoms with van der Waals surface area (Å²) >= 11 is 0. The van der Waals surface area contributed by atoms with Crippen LogP contribution in [0.2, 0.25) is 0 Å². The van der Waals surface area contributed by atoms with Crippen molar-refractivity contribution < 1.29 is 4.79 Å². The second-order valence-electron chi connectivity index (χ2n) is 5.71. The van der Waals surface area contributed by atoms with Gasteiger partial charge in [0.25, 0.3) is 0 Å². The Kier molecular flexibility index (Phi) is 3.33. The topological polar surface area (TPSA) is 32.3 Å². The lowest BCUT2D eigenvalue weighted by atomic mass is 9.78. The third-order valence-electron chi connectivity index (χ3n) is 3.39. The molecular formula is C13H22N2O. The van der Waals surface area contributed by atoms with Gasteiger partial charge in [-0.1, -0.05) is 13.8 Å². The van der Waals surface area contributed by atoms with Crippen LogP contribution in [0.5, 0.6) is 0 Å². The van der Waals surface area contributed by atoms with Gasteiger partial charge < -0.3 is 10.2 Å². The molecule has 1 aliphatic heterocycles. The Morgan fingerprint density at radius 3 is 2.81 bits per heavy atom. The number of nitrogens with one attached hydrogen (secondary N) is 1. The molecule has 3 nitrogen and oxygen atoms in total. The van der Waals surface area contributed by atoms with E-state index in [2.05, 4.69) is 24.1 Å². The van der Waals surface area contributed by atoms with E-state index in [9.17, 15) is 4.79 Å². The Bertz CT molecular complexity index is 299. The minimum atomic E-state index is 0.140. The standard InChI is InChI=1S/C13H22N2O/c1-13(2)9-11(8-12(16)10-13)15-6-3-4-14-5-7-15/h8,14H,3-7,9-10H2,1-2H3. The summed E-state index contributed by atoms with van der Waals surface area (Å²) in [5.74, 6) is 0.295. The molecule has 1 N–H and O–H groups in total. The Labute approximate surface area is 97.9 Å². The van der Waals surface area contributed by atoms with Crippen LogP contribution in [-0.2, 0) is 4.79 Å². The summed E-state index contributed by atoms with van der Waals surface area (Å²) in [5, 5.41) is 3.39. The third-order valence-corrected chi connectivity index (χ3v) is 3.39. The molecule has 16 heavy (non-hydrogen) atoms. The van der Waals surface area contributed by atoms with Gasteiger partial charge in [0, 0.05) is 37.8 Å². The first kappa shape index (κ1) is 11.6. The molecule has 0 unspecified atom stereocenters. The maximum atomic E-state index is 11.7. The van der Waals surface area contributed by atoms with Crippen LogP contribution in [0.1, 0.15) is 33.1 Å². The van der Waals surface area contributed by atoms with E-state index < -0.39 is 0 Å². The zero-order chi connectivity index (χ0) is 11.6. The Morgan fingerprint density at radius 1 is 1.25 bits per heavy atom. The number of hydrogen-bond acceptors (Lipinski definition) is 3. The molecule has 0 radical (unpaired) electrons. The summed E-state index contributed by atoms with van der Waals surface area (Å²) in [5.41, 5.74) is 1.39. The van der Waals surface area contributed by atoms with E-state index >= 15 is 0 Å². The molecule has 0 amide bonds. The van der Waals surface area contributed by atoms with Gasteiger partial charge in [0.05, 0.1) is 0 Å². The number of carbonyl (C=O) groups is 1. The van der Waals surface area contributed by atoms with Crippen LogP contribution in [0.3, 0.4) is 0 Å². The second kappa shape index (κ2) is 4.58. The lowest BCUT2D eigenvalue weighted by Gasteiger charge is -2.35. The maximum Gasteiger partial charge on any atom is 0.157 e. The molecule has 3 heteroatoms. The van der Waals surface area contributed by atoms with Crippen molar-refractivity contribution in [3.8, 4) is 0 Å². The molecule has 0 aromatic rings. The average Bonchev–Trinajstić information content (AvgIpc) is 2.42. The first-order valence-electron chi connectivity index (χ1n) is 6.26. The smallest absolute Gasteiger partial charge is 0.157 e. The number of rotatable bonds is 1. The Morgan fingerprint density at radius 2 is 2.06 bits per heavy atom. The van der Waals surface area contributed by atoms with Crippen molar-refractivity contribution in [3.05, 3.63) is 11.8 Å². The summed E-state index contributed by atoms with van der Waals surface area (Å²) in [6.07, 6.45) is 4.78. The third kappa shape index (κ3) is 2.85. The molecule has 1 saturated heterocycles. The van der Waals surface area contributed by atoms with Crippen molar-refractivity contribution in [2.75, 3.05) is 26.2 Å². The molecule has 0 aromatic carbocycles. The highest BCUT2D eigenvalue weighted by atomic mass is 16.1. The first-order chi connectivity index (χ1) is 7.57. The molecular weight excluding hydrogens is 200 g/mol. The van der Waals surface area contributed by atoms with Crippen molar-refractivity contribution in [2.24, 2.45) is 5.41 Å². The largest absolute Gasteiger partial charge is 0.373 e. The van der Waals surface area contributed by atoms with Gasteiger partial charge in [0.15, 0.2) is 5.78 Å². The predicted octanol–water partition coefficient (Wildman–Crippen LogP) is 1.55. The lowest BCUT2D eigenvalue weighted by Crippen LogP contribution is -2.33. The molecule has 1 aliphatic carbocycles. The lowest BCUT2D eigenvalue weighted by molar-refractivity contribution is -0.117. The zero-order valence-electron chi connectivity index (χ0n) is 10.4. The minimum Gasteiger partial charge on any atom is -0.373 e. The summed E-state index contributed by atoms with van der Waals surface area (Å²) in [6.45, 7) is 8.63. The highest BCUT2D eigenvalue weighted by Crippen LogP contribution is 2.34. The molecule has 0 spiro atoms. The Balaban J connectivity index is 2.09. The molecule has 0 atom stereocenters. The fourth-order valence-corrected chi connectivity index (χ4v) is 2.65. The molecule has 2 rings (SSSR count). The normalized spacial score (nSPS) is 26.2. The predicted molar refractivity (Wildman–Crippen MR) is 65.2 cm³/mol. The highest BCUT2D eigenvalue weighted by molar-refractivity contribution is 5.91. The fraction of sp³-hybridized carbons (Fsp3) is 0.769. The van der Waals surface area contributed by atoms with Crippen molar-refractivity contribution in [2.45, 2.75) is 33.1 Å². The summed E-state index contributed by atoms with van der Waals surface area (Å²) in [7, 11) is 0. The van der Waals surface area contributed by atoms with Gasteiger partial charge >= 0.3 is 0 Å². The quantitative estimate of drug-likeness (QED) is 0.730. The minimum absolute atomic E-state index is 0.140. The van der Waals surface area contributed by atoms with Crippen LogP contribution < -0.4 is 5.32 Å². The van der Waals surface area contributed by atoms with Crippen molar-refractivity contribution in [1.82, 2.24) is 10.2 Å². The molecule has 0 aromatic heterocycles. The van der Waals surface area contributed by atoms with E-state index in [4.69, 9.17) is 0 Å². The summed E-state index contributed by atoms with van der Waals surface area (Å²) < 4.78 is 0. The van der Waals surface area contributed by atoms with Gasteiger partial charge in [-0.15, -0.1) is 0 Å². The van der Waals surface area contributed by atoms with Gasteiger partial charge in [-0.2, -0.15) is 0 Å². The first-order valence-corrected chi connectivity index (χ1v) is 6.26. The van der Waals surface area contributed by atoms with Crippen molar-refractivity contribution in [3.63, 3.8) is 0 Å². The fourth-order valence-electron chi connectivity index (χ4n) is 2.65. The second-order valence-corrected chi connectivity index (χ2v) is 5.71. The van der Waals surface area contributed by atoms with E-state index in [1.165, 1.54) is 12.1 Å². The summed E-state index contributed by atoms with van der Waals surface area (Å²) in [4.78, 5) is 14.1. The van der Waals surface area contributed by atoms with Gasteiger partial charge in [0.2, 0.25) is 0 Å². The van der Waals surface area contributed by atoms with Crippen LogP contribution >= 0.6 is 0 Å². The number of nitrogens with zero attached hydrogens (tertiary/aromatic N) is 1. The van der Waals surface area contributed by atoms with Crippen LogP contribution in [-0.4, -0.2) is 36.9 Å². The van der Waals surface area contributed by atoms with Gasteiger partial charge in [-0.3, -0.25) is 4.79 Å². The van der Waals surface area contributed by atoms with E-state index in [-0.39, 0.29) is 5.41 Å². The number of allylic oxidation sites excluding steroid dienone is 2. The Hall–Kier alpha value is -0.830. The van der Waals surface area contributed by atoms with Gasteiger partial charge in [-0.05, 0) is 24.8 Å². The number of hydrogen-bond donors (Lipinski definition) is 1. The van der Waals surface area contributed by atoms with Crippen molar-refractivity contribution in [1.29, 1.82) is 0 Å². The van der Waals surface area contributed by atoms with Crippen LogP contribution in [0, 0.1) is 5.41 Å². The summed E-state index contributed by atoms with van der Waals surface area (Å²) in [6, 6.07) is 0. The number of ketones is 1. The zero-order valence-corrected chi connectivity index (χ0v) is 10.4. The maximum absolute atomic E-state index is 11.7. The van der Waals surface area contributed by atoms with Crippen LogP contribution in [0.4, 0.5) is 0 Å². The molecule has 2 aliphatic rings. The van der Waals surface area contributed by atoms with E-state index in [1.54, 1.807) is 0 Å². The van der Waals surface area contributed by atoms with Crippen LogP contribution in [0.25, 0.3) is 0 Å². The monoisotopic (exact) mass is 222 g/mol.